The molecule has 3 aromatic rings. The minimum atomic E-state index is -0.0988. The second-order valence-electron chi connectivity index (χ2n) is 7.03. The fourth-order valence-corrected chi connectivity index (χ4v) is 4.42. The molecule has 0 saturated carbocycles. The Bertz CT molecular complexity index is 1200. The number of likely N-dealkylation sites (N-methyl/N-ethyl adjacent to an activating group) is 1. The van der Waals surface area contributed by atoms with Crippen LogP contribution in [0.5, 0.6) is 5.75 Å². The fourth-order valence-electron chi connectivity index (χ4n) is 3.25. The van der Waals surface area contributed by atoms with Gasteiger partial charge < -0.3 is 4.74 Å². The summed E-state index contributed by atoms with van der Waals surface area (Å²) in [5.41, 5.74) is 4.57. The number of aromatic nitrogens is 2. The number of thioether (sulfide) groups is 1. The highest BCUT2D eigenvalue weighted by Gasteiger charge is 2.29. The van der Waals surface area contributed by atoms with Crippen molar-refractivity contribution in [3.8, 4) is 22.7 Å². The molecule has 7 heteroatoms. The Morgan fingerprint density at radius 1 is 1.23 bits per heavy atom. The van der Waals surface area contributed by atoms with Gasteiger partial charge in [0.05, 0.1) is 10.6 Å². The lowest BCUT2D eigenvalue weighted by Gasteiger charge is -2.09. The highest BCUT2D eigenvalue weighted by atomic mass is 32.2. The van der Waals surface area contributed by atoms with E-state index in [-0.39, 0.29) is 5.91 Å². The molecule has 0 radical (unpaired) electrons. The summed E-state index contributed by atoms with van der Waals surface area (Å²) in [7, 11) is 1.69. The topological polar surface area (TPSA) is 47.4 Å². The third kappa shape index (κ3) is 4.33. The van der Waals surface area contributed by atoms with Crippen LogP contribution < -0.4 is 4.74 Å². The average Bonchev–Trinajstić information content (AvgIpc) is 3.30. The maximum atomic E-state index is 12.6. The van der Waals surface area contributed by atoms with Crippen molar-refractivity contribution in [1.29, 1.82) is 0 Å². The van der Waals surface area contributed by atoms with E-state index in [4.69, 9.17) is 22.1 Å². The number of amides is 1. The number of benzene rings is 2. The number of ether oxygens (including phenoxy) is 1. The Morgan fingerprint density at radius 2 is 2.00 bits per heavy atom. The summed E-state index contributed by atoms with van der Waals surface area (Å²) in [4.78, 5) is 14.6. The highest BCUT2D eigenvalue weighted by Crippen LogP contribution is 2.35. The number of aryl methyl sites for hydroxylation is 1. The Balaban J connectivity index is 1.81. The molecule has 2 aromatic carbocycles. The van der Waals surface area contributed by atoms with Gasteiger partial charge in [0, 0.05) is 24.4 Å². The quantitative estimate of drug-likeness (QED) is 0.294. The first-order chi connectivity index (χ1) is 15.0. The molecule has 0 spiro atoms. The van der Waals surface area contributed by atoms with Crippen LogP contribution in [-0.4, -0.2) is 38.6 Å². The van der Waals surface area contributed by atoms with Gasteiger partial charge in [0.25, 0.3) is 5.91 Å². The van der Waals surface area contributed by atoms with Gasteiger partial charge in [0.15, 0.2) is 0 Å². The minimum Gasteiger partial charge on any atom is -0.490 e. The molecular formula is C24H21N3O2S2. The third-order valence-corrected chi connectivity index (χ3v) is 6.34. The number of rotatable bonds is 6. The van der Waals surface area contributed by atoms with E-state index in [0.29, 0.717) is 15.8 Å². The third-order valence-electron chi connectivity index (χ3n) is 4.86. The van der Waals surface area contributed by atoms with Crippen LogP contribution in [-0.2, 0) is 4.79 Å². The van der Waals surface area contributed by atoms with E-state index in [0.717, 1.165) is 33.8 Å². The number of para-hydroxylation sites is 1. The largest absolute Gasteiger partial charge is 0.490 e. The van der Waals surface area contributed by atoms with Gasteiger partial charge >= 0.3 is 0 Å². The molecule has 1 amide bonds. The SMILES string of the molecule is C=CCOc1ccc(-c2nn(-c3ccccc3)cc2/C=C2\SC(=S)N(C)C2=O)c(C)c1. The first kappa shape index (κ1) is 21.1. The molecule has 156 valence electrons. The van der Waals surface area contributed by atoms with E-state index < -0.39 is 0 Å². The normalized spacial score (nSPS) is 15.0. The lowest BCUT2D eigenvalue weighted by atomic mass is 10.0. The van der Waals surface area contributed by atoms with Crippen LogP contribution in [0.4, 0.5) is 0 Å². The molecule has 4 rings (SSSR count). The molecule has 0 unspecified atom stereocenters. The average molecular weight is 448 g/mol. The molecule has 0 aliphatic carbocycles. The Labute approximate surface area is 191 Å². The van der Waals surface area contributed by atoms with E-state index >= 15 is 0 Å². The van der Waals surface area contributed by atoms with Gasteiger partial charge in [-0.2, -0.15) is 5.10 Å². The van der Waals surface area contributed by atoms with Crippen molar-refractivity contribution in [3.05, 3.63) is 83.4 Å². The van der Waals surface area contributed by atoms with Gasteiger partial charge in [-0.15, -0.1) is 0 Å². The summed E-state index contributed by atoms with van der Waals surface area (Å²) in [5.74, 6) is 0.676. The second-order valence-corrected chi connectivity index (χ2v) is 8.71. The van der Waals surface area contributed by atoms with Crippen LogP contribution in [0, 0.1) is 6.92 Å². The van der Waals surface area contributed by atoms with Gasteiger partial charge in [-0.25, -0.2) is 4.68 Å². The highest BCUT2D eigenvalue weighted by molar-refractivity contribution is 8.26. The van der Waals surface area contributed by atoms with Crippen molar-refractivity contribution in [2.24, 2.45) is 0 Å². The zero-order chi connectivity index (χ0) is 22.0. The maximum Gasteiger partial charge on any atom is 0.265 e. The molecule has 31 heavy (non-hydrogen) atoms. The molecule has 5 nitrogen and oxygen atoms in total. The molecule has 2 heterocycles. The summed E-state index contributed by atoms with van der Waals surface area (Å²) >= 11 is 6.58. The van der Waals surface area contributed by atoms with Crippen molar-refractivity contribution in [3.63, 3.8) is 0 Å². The van der Waals surface area contributed by atoms with E-state index in [1.165, 1.54) is 16.7 Å². The lowest BCUT2D eigenvalue weighted by Crippen LogP contribution is -2.22. The predicted octanol–water partition coefficient (Wildman–Crippen LogP) is 5.24. The Morgan fingerprint density at radius 3 is 2.65 bits per heavy atom. The Kier molecular flexibility index (Phi) is 6.06. The van der Waals surface area contributed by atoms with E-state index in [1.54, 1.807) is 13.1 Å². The molecule has 1 aliphatic rings. The van der Waals surface area contributed by atoms with Crippen molar-refractivity contribution in [2.75, 3.05) is 13.7 Å². The van der Waals surface area contributed by atoms with Crippen LogP contribution in [0.2, 0.25) is 0 Å². The van der Waals surface area contributed by atoms with Crippen molar-refractivity contribution < 1.29 is 9.53 Å². The van der Waals surface area contributed by atoms with Gasteiger partial charge in [-0.05, 0) is 48.9 Å². The monoisotopic (exact) mass is 447 g/mol. The van der Waals surface area contributed by atoms with Crippen LogP contribution in [0.15, 0.2) is 72.3 Å². The van der Waals surface area contributed by atoms with Crippen molar-refractivity contribution in [1.82, 2.24) is 14.7 Å². The first-order valence-electron chi connectivity index (χ1n) is 9.69. The van der Waals surface area contributed by atoms with Gasteiger partial charge in [0.2, 0.25) is 0 Å². The number of carbonyl (C=O) groups is 1. The van der Waals surface area contributed by atoms with E-state index in [1.807, 2.05) is 72.4 Å². The summed E-state index contributed by atoms with van der Waals surface area (Å²) < 4.78 is 8.03. The van der Waals surface area contributed by atoms with Crippen LogP contribution >= 0.6 is 24.0 Å². The molecule has 1 saturated heterocycles. The lowest BCUT2D eigenvalue weighted by molar-refractivity contribution is -0.121. The van der Waals surface area contributed by atoms with E-state index in [2.05, 4.69) is 6.58 Å². The molecule has 0 bridgehead atoms. The zero-order valence-electron chi connectivity index (χ0n) is 17.2. The first-order valence-corrected chi connectivity index (χ1v) is 10.9. The number of nitrogens with zero attached hydrogens (tertiary/aromatic N) is 3. The fraction of sp³-hybridized carbons (Fsp3) is 0.125. The minimum absolute atomic E-state index is 0.0988. The summed E-state index contributed by atoms with van der Waals surface area (Å²) in [6, 6.07) is 15.8. The molecule has 0 atom stereocenters. The molecular weight excluding hydrogens is 426 g/mol. The predicted molar refractivity (Wildman–Crippen MR) is 130 cm³/mol. The zero-order valence-corrected chi connectivity index (χ0v) is 18.9. The number of hydrogen-bond donors (Lipinski definition) is 0. The molecule has 1 fully saturated rings. The second kappa shape index (κ2) is 8.91. The summed E-state index contributed by atoms with van der Waals surface area (Å²) in [5, 5.41) is 4.86. The summed E-state index contributed by atoms with van der Waals surface area (Å²) in [6.45, 7) is 6.16. The number of hydrogen-bond acceptors (Lipinski definition) is 5. The van der Waals surface area contributed by atoms with Gasteiger partial charge in [0.1, 0.15) is 22.4 Å². The van der Waals surface area contributed by atoms with E-state index in [9.17, 15) is 4.79 Å². The standard InChI is InChI=1S/C24H21N3O2S2/c1-4-12-29-19-10-11-20(16(2)13-19)22-17(14-21-23(28)26(3)24(30)31-21)15-27(25-22)18-8-6-5-7-9-18/h4-11,13-15H,1,12H2,2-3H3/b21-14-. The molecule has 1 aliphatic heterocycles. The number of carbonyl (C=O) groups excluding carboxylic acids is 1. The molecule has 1 aromatic heterocycles. The maximum absolute atomic E-state index is 12.6. The smallest absolute Gasteiger partial charge is 0.265 e. The van der Waals surface area contributed by atoms with Crippen molar-refractivity contribution in [2.45, 2.75) is 6.92 Å². The van der Waals surface area contributed by atoms with Crippen LogP contribution in [0.25, 0.3) is 23.0 Å². The van der Waals surface area contributed by atoms with Crippen LogP contribution in [0.1, 0.15) is 11.1 Å². The number of thiocarbonyl (C=S) groups is 1. The van der Waals surface area contributed by atoms with Crippen LogP contribution in [0.3, 0.4) is 0 Å². The summed E-state index contributed by atoms with van der Waals surface area (Å²) in [6.07, 6.45) is 5.52. The molecule has 0 N–H and O–H groups in total. The van der Waals surface area contributed by atoms with Gasteiger partial charge in [-0.3, -0.25) is 9.69 Å². The van der Waals surface area contributed by atoms with Gasteiger partial charge in [-0.1, -0.05) is 54.8 Å². The van der Waals surface area contributed by atoms with Crippen molar-refractivity contribution >= 4 is 40.3 Å². The Hall–Kier alpha value is -3.16.